The minimum absolute atomic E-state index is 0.869. The predicted octanol–water partition coefficient (Wildman–Crippen LogP) is 7.28. The van der Waals surface area contributed by atoms with Crippen LogP contribution in [0.25, 0.3) is 54.9 Å². The van der Waals surface area contributed by atoms with Gasteiger partial charge in [-0.15, -0.1) is 0 Å². The second-order valence-corrected chi connectivity index (χ2v) is 10.2. The molecule has 4 heteroatoms. The Morgan fingerprint density at radius 1 is 0.500 bits per heavy atom. The lowest BCUT2D eigenvalue weighted by Crippen LogP contribution is -2.02. The van der Waals surface area contributed by atoms with E-state index in [1.165, 1.54) is 66.1 Å². The molecule has 0 aliphatic rings. The largest absolute Gasteiger partial charge is 0.497 e. The lowest BCUT2D eigenvalue weighted by atomic mass is 9.76. The highest BCUT2D eigenvalue weighted by Crippen LogP contribution is 2.46. The van der Waals surface area contributed by atoms with Crippen LogP contribution in [0.3, 0.4) is 0 Å². The van der Waals surface area contributed by atoms with Crippen LogP contribution in [-0.2, 0) is 12.6 Å². The van der Waals surface area contributed by atoms with Gasteiger partial charge in [0.2, 0.25) is 0 Å². The molecule has 0 atom stereocenters. The molecule has 6 aromatic carbocycles. The van der Waals surface area contributed by atoms with Crippen LogP contribution >= 0.6 is 0 Å². The molecule has 0 aliphatic heterocycles. The summed E-state index contributed by atoms with van der Waals surface area (Å²) in [6, 6.07) is 39.2. The molecule has 0 spiro atoms. The Labute approximate surface area is 238 Å². The first-order chi connectivity index (χ1) is 19.7. The molecule has 2 nitrogen and oxygen atoms in total. The summed E-state index contributed by atoms with van der Waals surface area (Å²) < 4.78 is 11.2. The van der Waals surface area contributed by atoms with Gasteiger partial charge in [0.15, 0.2) is 0 Å². The van der Waals surface area contributed by atoms with E-state index in [0.717, 1.165) is 24.1 Å². The Morgan fingerprint density at radius 3 is 1.32 bits per heavy atom. The highest BCUT2D eigenvalue weighted by atomic mass is 16.5. The number of hydrogen-bond donors (Lipinski definition) is 0. The monoisotopic (exact) mass is 518 g/mol. The predicted molar refractivity (Wildman–Crippen MR) is 175 cm³/mol. The maximum absolute atomic E-state index is 5.62. The third-order valence-corrected chi connectivity index (χ3v) is 8.03. The molecular formula is C36H32B2O2. The molecule has 0 bridgehead atoms. The molecule has 0 radical (unpaired) electrons. The van der Waals surface area contributed by atoms with Gasteiger partial charge in [0.05, 0.1) is 14.2 Å². The molecule has 6 rings (SSSR count). The van der Waals surface area contributed by atoms with Gasteiger partial charge in [0, 0.05) is 0 Å². The van der Waals surface area contributed by atoms with Crippen molar-refractivity contribution in [3.8, 4) is 44.9 Å². The molecule has 0 N–H and O–H groups in total. The lowest BCUT2D eigenvalue weighted by Gasteiger charge is -2.24. The van der Waals surface area contributed by atoms with Crippen molar-refractivity contribution in [2.24, 2.45) is 0 Å². The molecule has 194 valence electrons. The van der Waals surface area contributed by atoms with Gasteiger partial charge >= 0.3 is 0 Å². The maximum atomic E-state index is 5.62. The van der Waals surface area contributed by atoms with Crippen LogP contribution in [0.5, 0.6) is 11.5 Å². The fourth-order valence-electron chi connectivity index (χ4n) is 6.18. The maximum Gasteiger partial charge on any atom is 0.119 e. The third kappa shape index (κ3) is 4.44. The standard InChI is InChI=1S/C36H32B2O2/c1-39-27-13-7-11-23(17-27)31-19-25-9-3-5-15-29(25)35(33(31)21-37)36-30-16-6-4-10-26(30)20-32(34(36)22-38)24-12-8-14-28(18-24)40-2/h3-20H,21-22,37-38H2,1-2H3. The van der Waals surface area contributed by atoms with E-state index in [-0.39, 0.29) is 0 Å². The molecule has 0 amide bonds. The average molecular weight is 518 g/mol. The summed E-state index contributed by atoms with van der Waals surface area (Å²) in [4.78, 5) is 0. The molecule has 0 unspecified atom stereocenters. The highest BCUT2D eigenvalue weighted by Gasteiger charge is 2.22. The summed E-state index contributed by atoms with van der Waals surface area (Å²) in [6.07, 6.45) is 1.82. The van der Waals surface area contributed by atoms with E-state index in [9.17, 15) is 0 Å². The Hall–Kier alpha value is -4.43. The number of hydrogen-bond acceptors (Lipinski definition) is 2. The van der Waals surface area contributed by atoms with Gasteiger partial charge in [0.1, 0.15) is 27.2 Å². The quantitative estimate of drug-likeness (QED) is 0.207. The van der Waals surface area contributed by atoms with E-state index in [1.807, 2.05) is 12.1 Å². The Morgan fingerprint density at radius 2 is 0.925 bits per heavy atom. The number of benzene rings is 6. The number of rotatable bonds is 7. The van der Waals surface area contributed by atoms with Gasteiger partial charge in [-0.1, -0.05) is 85.4 Å². The molecule has 0 saturated heterocycles. The molecule has 0 aromatic heterocycles. The number of fused-ring (bicyclic) bond motifs is 2. The molecule has 0 aliphatic carbocycles. The smallest absolute Gasteiger partial charge is 0.119 e. The second-order valence-electron chi connectivity index (χ2n) is 10.2. The second kappa shape index (κ2) is 11.0. The zero-order chi connectivity index (χ0) is 27.6. The summed E-state index contributed by atoms with van der Waals surface area (Å²) in [5, 5.41) is 5.05. The average Bonchev–Trinajstić information content (AvgIpc) is 3.02. The van der Waals surface area contributed by atoms with Gasteiger partial charge in [-0.05, 0) is 102 Å². The van der Waals surface area contributed by atoms with E-state index in [2.05, 4.69) is 113 Å². The van der Waals surface area contributed by atoms with Crippen LogP contribution in [0.1, 0.15) is 11.1 Å². The van der Waals surface area contributed by atoms with E-state index in [4.69, 9.17) is 9.47 Å². The van der Waals surface area contributed by atoms with E-state index < -0.39 is 0 Å². The first kappa shape index (κ1) is 25.8. The van der Waals surface area contributed by atoms with E-state index in [0.29, 0.717) is 0 Å². The van der Waals surface area contributed by atoms with Crippen molar-refractivity contribution in [1.82, 2.24) is 0 Å². The van der Waals surface area contributed by atoms with Crippen molar-refractivity contribution in [1.29, 1.82) is 0 Å². The molecule has 0 heterocycles. The van der Waals surface area contributed by atoms with Crippen molar-refractivity contribution in [2.45, 2.75) is 12.6 Å². The van der Waals surface area contributed by atoms with Crippen LogP contribution in [0.4, 0.5) is 0 Å². The number of methoxy groups -OCH3 is 2. The van der Waals surface area contributed by atoms with E-state index >= 15 is 0 Å². The van der Waals surface area contributed by atoms with Gasteiger partial charge < -0.3 is 9.47 Å². The van der Waals surface area contributed by atoms with Gasteiger partial charge in [-0.25, -0.2) is 0 Å². The van der Waals surface area contributed by atoms with Crippen molar-refractivity contribution in [3.05, 3.63) is 120 Å². The number of ether oxygens (including phenoxy) is 2. The molecule has 6 aromatic rings. The fraction of sp³-hybridized carbons (Fsp3) is 0.111. The van der Waals surface area contributed by atoms with Crippen LogP contribution < -0.4 is 9.47 Å². The molecule has 0 saturated carbocycles. The highest BCUT2D eigenvalue weighted by molar-refractivity contribution is 6.17. The zero-order valence-corrected chi connectivity index (χ0v) is 23.6. The van der Waals surface area contributed by atoms with Crippen molar-refractivity contribution in [2.75, 3.05) is 14.2 Å². The van der Waals surface area contributed by atoms with Gasteiger partial charge in [0.25, 0.3) is 0 Å². The normalized spacial score (nSPS) is 11.2. The van der Waals surface area contributed by atoms with Gasteiger partial charge in [-0.2, -0.15) is 0 Å². The van der Waals surface area contributed by atoms with Crippen molar-refractivity contribution in [3.63, 3.8) is 0 Å². The van der Waals surface area contributed by atoms with E-state index in [1.54, 1.807) is 14.2 Å². The summed E-state index contributed by atoms with van der Waals surface area (Å²) >= 11 is 0. The molecule has 40 heavy (non-hydrogen) atoms. The Kier molecular flexibility index (Phi) is 7.09. The minimum atomic E-state index is 0.869. The first-order valence-corrected chi connectivity index (χ1v) is 14.0. The summed E-state index contributed by atoms with van der Waals surface area (Å²) in [5.74, 6) is 1.74. The van der Waals surface area contributed by atoms with Crippen LogP contribution in [0, 0.1) is 0 Å². The van der Waals surface area contributed by atoms with Gasteiger partial charge in [-0.3, -0.25) is 0 Å². The van der Waals surface area contributed by atoms with Crippen LogP contribution in [-0.4, -0.2) is 29.9 Å². The lowest BCUT2D eigenvalue weighted by molar-refractivity contribution is 0.415. The Bertz CT molecular complexity index is 1720. The minimum Gasteiger partial charge on any atom is -0.497 e. The summed E-state index contributed by atoms with van der Waals surface area (Å²) in [7, 11) is 8.01. The molecular weight excluding hydrogens is 486 g/mol. The zero-order valence-electron chi connectivity index (χ0n) is 23.6. The fourth-order valence-corrected chi connectivity index (χ4v) is 6.18. The summed E-state index contributed by atoms with van der Waals surface area (Å²) in [5.41, 5.74) is 10.2. The molecule has 0 fully saturated rings. The SMILES string of the molecule is BCc1c(-c2cccc(OC)c2)cc2ccccc2c1-c1c(CB)c(-c2cccc(OC)c2)cc2ccccc12. The topological polar surface area (TPSA) is 18.5 Å². The van der Waals surface area contributed by atoms with Crippen LogP contribution in [0.2, 0.25) is 0 Å². The van der Waals surface area contributed by atoms with Crippen molar-refractivity contribution < 1.29 is 9.47 Å². The summed E-state index contributed by atoms with van der Waals surface area (Å²) in [6.45, 7) is 0. The van der Waals surface area contributed by atoms with Crippen molar-refractivity contribution >= 4 is 37.2 Å². The van der Waals surface area contributed by atoms with Crippen LogP contribution in [0.15, 0.2) is 109 Å². The third-order valence-electron chi connectivity index (χ3n) is 8.03. The first-order valence-electron chi connectivity index (χ1n) is 14.0. The Balaban J connectivity index is 1.78.